The molecule has 0 saturated carbocycles. The van der Waals surface area contributed by atoms with Crippen LogP contribution in [0.1, 0.15) is 28.0 Å². The van der Waals surface area contributed by atoms with Crippen molar-refractivity contribution in [3.05, 3.63) is 29.2 Å². The highest BCUT2D eigenvalue weighted by molar-refractivity contribution is 5.91. The summed E-state index contributed by atoms with van der Waals surface area (Å²) >= 11 is 0. The Labute approximate surface area is 90.8 Å². The predicted molar refractivity (Wildman–Crippen MR) is 51.4 cm³/mol. The molecule has 0 aliphatic heterocycles. The van der Waals surface area contributed by atoms with Gasteiger partial charge in [0.2, 0.25) is 11.7 Å². The zero-order chi connectivity index (χ0) is 11.5. The lowest BCUT2D eigenvalue weighted by Gasteiger charge is -1.96. The van der Waals surface area contributed by atoms with Crippen molar-refractivity contribution in [1.29, 1.82) is 0 Å². The van der Waals surface area contributed by atoms with Crippen LogP contribution in [0.4, 0.5) is 0 Å². The lowest BCUT2D eigenvalue weighted by Crippen LogP contribution is -2.22. The molecule has 1 amide bonds. The SMILES string of the molecule is Cc1cc(C(=O)NCc2noc(C)n2)on1. The van der Waals surface area contributed by atoms with E-state index in [0.717, 1.165) is 0 Å². The topological polar surface area (TPSA) is 94.1 Å². The number of carbonyl (C=O) groups excluding carboxylic acids is 1. The molecular weight excluding hydrogens is 212 g/mol. The number of nitrogens with zero attached hydrogens (tertiary/aromatic N) is 3. The van der Waals surface area contributed by atoms with Crippen LogP contribution in [0.2, 0.25) is 0 Å². The van der Waals surface area contributed by atoms with Crippen molar-refractivity contribution in [1.82, 2.24) is 20.6 Å². The molecule has 0 radical (unpaired) electrons. The molecule has 84 valence electrons. The van der Waals surface area contributed by atoms with Gasteiger partial charge in [0.1, 0.15) is 0 Å². The van der Waals surface area contributed by atoms with Crippen LogP contribution < -0.4 is 5.32 Å². The van der Waals surface area contributed by atoms with Gasteiger partial charge < -0.3 is 14.4 Å². The molecule has 0 bridgehead atoms. The second kappa shape index (κ2) is 4.13. The van der Waals surface area contributed by atoms with Gasteiger partial charge in [0.15, 0.2) is 5.82 Å². The van der Waals surface area contributed by atoms with Crippen LogP contribution >= 0.6 is 0 Å². The van der Waals surface area contributed by atoms with Crippen molar-refractivity contribution in [2.24, 2.45) is 0 Å². The number of carbonyl (C=O) groups is 1. The molecule has 0 atom stereocenters. The van der Waals surface area contributed by atoms with Gasteiger partial charge in [0.05, 0.1) is 12.2 Å². The summed E-state index contributed by atoms with van der Waals surface area (Å²) in [6.07, 6.45) is 0. The molecule has 2 heterocycles. The molecule has 2 aromatic heterocycles. The summed E-state index contributed by atoms with van der Waals surface area (Å²) in [5.74, 6) is 0.683. The van der Waals surface area contributed by atoms with Crippen molar-refractivity contribution >= 4 is 5.91 Å². The summed E-state index contributed by atoms with van der Waals surface area (Å²) < 4.78 is 9.55. The first-order valence-electron chi connectivity index (χ1n) is 4.66. The van der Waals surface area contributed by atoms with Gasteiger partial charge in [-0.25, -0.2) is 0 Å². The number of rotatable bonds is 3. The molecule has 0 aromatic carbocycles. The van der Waals surface area contributed by atoms with Crippen molar-refractivity contribution in [3.8, 4) is 0 Å². The minimum absolute atomic E-state index is 0.165. The molecule has 0 aliphatic carbocycles. The zero-order valence-electron chi connectivity index (χ0n) is 8.85. The lowest BCUT2D eigenvalue weighted by molar-refractivity contribution is 0.0912. The molecule has 7 nitrogen and oxygen atoms in total. The minimum Gasteiger partial charge on any atom is -0.351 e. The Morgan fingerprint density at radius 3 is 2.75 bits per heavy atom. The molecule has 0 unspecified atom stereocenters. The summed E-state index contributed by atoms with van der Waals surface area (Å²) in [6, 6.07) is 1.55. The van der Waals surface area contributed by atoms with Gasteiger partial charge in [-0.3, -0.25) is 4.79 Å². The third-order valence-electron chi connectivity index (χ3n) is 1.83. The fourth-order valence-corrected chi connectivity index (χ4v) is 1.13. The van der Waals surface area contributed by atoms with Crippen LogP contribution in [0, 0.1) is 13.8 Å². The minimum atomic E-state index is -0.358. The van der Waals surface area contributed by atoms with Crippen LogP contribution in [0.25, 0.3) is 0 Å². The highest BCUT2D eigenvalue weighted by Gasteiger charge is 2.12. The van der Waals surface area contributed by atoms with E-state index in [1.807, 2.05) is 0 Å². The van der Waals surface area contributed by atoms with E-state index in [4.69, 9.17) is 9.05 Å². The smallest absolute Gasteiger partial charge is 0.290 e. The maximum Gasteiger partial charge on any atom is 0.290 e. The molecule has 0 fully saturated rings. The average molecular weight is 222 g/mol. The van der Waals surface area contributed by atoms with E-state index < -0.39 is 0 Å². The lowest BCUT2D eigenvalue weighted by atomic mass is 10.3. The highest BCUT2D eigenvalue weighted by Crippen LogP contribution is 2.02. The van der Waals surface area contributed by atoms with E-state index in [-0.39, 0.29) is 18.2 Å². The Bertz CT molecular complexity index is 502. The van der Waals surface area contributed by atoms with Crippen LogP contribution in [0.3, 0.4) is 0 Å². The van der Waals surface area contributed by atoms with Crippen molar-refractivity contribution in [2.75, 3.05) is 0 Å². The van der Waals surface area contributed by atoms with Gasteiger partial charge in [-0.2, -0.15) is 4.98 Å². The van der Waals surface area contributed by atoms with Crippen LogP contribution in [0.5, 0.6) is 0 Å². The maximum absolute atomic E-state index is 11.5. The molecule has 0 saturated heterocycles. The van der Waals surface area contributed by atoms with E-state index in [0.29, 0.717) is 17.4 Å². The molecule has 2 rings (SSSR count). The van der Waals surface area contributed by atoms with Crippen molar-refractivity contribution < 1.29 is 13.8 Å². The number of hydrogen-bond acceptors (Lipinski definition) is 6. The Kier molecular flexibility index (Phi) is 2.67. The largest absolute Gasteiger partial charge is 0.351 e. The second-order valence-corrected chi connectivity index (χ2v) is 3.24. The van der Waals surface area contributed by atoms with Gasteiger partial charge in [0.25, 0.3) is 5.91 Å². The number of aryl methyl sites for hydroxylation is 2. The molecule has 1 N–H and O–H groups in total. The third-order valence-corrected chi connectivity index (χ3v) is 1.83. The molecule has 7 heteroatoms. The van der Waals surface area contributed by atoms with Gasteiger partial charge in [-0.1, -0.05) is 10.3 Å². The molecule has 0 aliphatic rings. The summed E-state index contributed by atoms with van der Waals surface area (Å²) in [4.78, 5) is 15.4. The zero-order valence-corrected chi connectivity index (χ0v) is 8.85. The van der Waals surface area contributed by atoms with Crippen LogP contribution in [0.15, 0.2) is 15.1 Å². The van der Waals surface area contributed by atoms with E-state index in [1.165, 1.54) is 0 Å². The standard InChI is InChI=1S/C9H10N4O3/c1-5-3-7(16-12-5)9(14)10-4-8-11-6(2)15-13-8/h3H,4H2,1-2H3,(H,10,14). The summed E-state index contributed by atoms with van der Waals surface area (Å²) in [5.41, 5.74) is 0.653. The summed E-state index contributed by atoms with van der Waals surface area (Å²) in [6.45, 7) is 3.61. The molecular formula is C9H10N4O3. The maximum atomic E-state index is 11.5. The number of amides is 1. The fraction of sp³-hybridized carbons (Fsp3) is 0.333. The first kappa shape index (κ1) is 10.3. The first-order chi connectivity index (χ1) is 7.65. The van der Waals surface area contributed by atoms with Crippen molar-refractivity contribution in [3.63, 3.8) is 0 Å². The first-order valence-corrected chi connectivity index (χ1v) is 4.66. The summed E-state index contributed by atoms with van der Waals surface area (Å²) in [7, 11) is 0. The number of aromatic nitrogens is 3. The average Bonchev–Trinajstić information content (AvgIpc) is 2.84. The van der Waals surface area contributed by atoms with Crippen LogP contribution in [-0.2, 0) is 6.54 Å². The number of nitrogens with one attached hydrogen (secondary N) is 1. The Hall–Kier alpha value is -2.18. The van der Waals surface area contributed by atoms with Gasteiger partial charge in [0, 0.05) is 13.0 Å². The monoisotopic (exact) mass is 222 g/mol. The van der Waals surface area contributed by atoms with Crippen molar-refractivity contribution in [2.45, 2.75) is 20.4 Å². The second-order valence-electron chi connectivity index (χ2n) is 3.24. The summed E-state index contributed by atoms with van der Waals surface area (Å²) in [5, 5.41) is 9.83. The third kappa shape index (κ3) is 2.25. The van der Waals surface area contributed by atoms with Crippen LogP contribution in [-0.4, -0.2) is 21.2 Å². The Morgan fingerprint density at radius 1 is 1.38 bits per heavy atom. The van der Waals surface area contributed by atoms with E-state index in [9.17, 15) is 4.79 Å². The van der Waals surface area contributed by atoms with E-state index >= 15 is 0 Å². The molecule has 16 heavy (non-hydrogen) atoms. The fourth-order valence-electron chi connectivity index (χ4n) is 1.13. The van der Waals surface area contributed by atoms with Gasteiger partial charge in [-0.05, 0) is 6.92 Å². The van der Waals surface area contributed by atoms with E-state index in [2.05, 4.69) is 20.6 Å². The molecule has 2 aromatic rings. The quantitative estimate of drug-likeness (QED) is 0.817. The van der Waals surface area contributed by atoms with E-state index in [1.54, 1.807) is 19.9 Å². The normalized spacial score (nSPS) is 10.4. The highest BCUT2D eigenvalue weighted by atomic mass is 16.5. The van der Waals surface area contributed by atoms with Gasteiger partial charge in [-0.15, -0.1) is 0 Å². The van der Waals surface area contributed by atoms with Gasteiger partial charge >= 0.3 is 0 Å². The Morgan fingerprint density at radius 2 is 2.19 bits per heavy atom. The molecule has 0 spiro atoms. The number of hydrogen-bond donors (Lipinski definition) is 1. The predicted octanol–water partition coefficient (Wildman–Crippen LogP) is 0.604. The Balaban J connectivity index is 1.93.